The monoisotopic (exact) mass is 218 g/mol. The minimum absolute atomic E-state index is 0.623. The Morgan fingerprint density at radius 3 is 2.56 bits per heavy atom. The van der Waals surface area contributed by atoms with Crippen LogP contribution in [0.1, 0.15) is 38.1 Å². The molecular formula is C14H22N2. The van der Waals surface area contributed by atoms with Gasteiger partial charge in [0.2, 0.25) is 0 Å². The molecule has 1 aliphatic carbocycles. The number of nitrogens with zero attached hydrogens (tertiary/aromatic N) is 1. The van der Waals surface area contributed by atoms with Gasteiger partial charge in [-0.05, 0) is 56.7 Å². The van der Waals surface area contributed by atoms with Gasteiger partial charge in [0.1, 0.15) is 0 Å². The molecule has 2 rings (SSSR count). The molecule has 1 aromatic heterocycles. The first-order valence-electron chi connectivity index (χ1n) is 6.27. The van der Waals surface area contributed by atoms with Crippen molar-refractivity contribution in [3.8, 4) is 0 Å². The van der Waals surface area contributed by atoms with Crippen LogP contribution in [0, 0.1) is 5.92 Å². The summed E-state index contributed by atoms with van der Waals surface area (Å²) in [5.74, 6) is 0.856. The second-order valence-electron chi connectivity index (χ2n) is 4.95. The zero-order chi connectivity index (χ0) is 11.5. The lowest BCUT2D eigenvalue weighted by molar-refractivity contribution is 0.440. The minimum Gasteiger partial charge on any atom is -0.339 e. The smallest absolute Gasteiger partial charge is 0.0344 e. The van der Waals surface area contributed by atoms with Crippen molar-refractivity contribution in [2.24, 2.45) is 11.7 Å². The zero-order valence-corrected chi connectivity index (χ0v) is 9.99. The summed E-state index contributed by atoms with van der Waals surface area (Å²) in [6, 6.07) is 4.75. The zero-order valence-electron chi connectivity index (χ0n) is 9.99. The van der Waals surface area contributed by atoms with Crippen molar-refractivity contribution in [3.63, 3.8) is 0 Å². The number of hydrogen-bond acceptors (Lipinski definition) is 1. The second kappa shape index (κ2) is 4.88. The maximum Gasteiger partial charge on any atom is 0.0344 e. The molecule has 2 atom stereocenters. The summed E-state index contributed by atoms with van der Waals surface area (Å²) in [5.41, 5.74) is 5.56. The highest BCUT2D eigenvalue weighted by atomic mass is 15.0. The van der Waals surface area contributed by atoms with Crippen molar-refractivity contribution in [3.05, 3.63) is 22.8 Å². The van der Waals surface area contributed by atoms with Gasteiger partial charge < -0.3 is 10.3 Å². The summed E-state index contributed by atoms with van der Waals surface area (Å²) in [6.07, 6.45) is 6.33. The van der Waals surface area contributed by atoms with Gasteiger partial charge in [-0.15, -0.1) is 0 Å². The quantitative estimate of drug-likeness (QED) is 0.813. The number of hydrogen-bond donors (Lipinski definition) is 1. The maximum absolute atomic E-state index is 5.56. The van der Waals surface area contributed by atoms with Crippen LogP contribution in [0.15, 0.2) is 12.1 Å². The minimum atomic E-state index is 0.623. The number of nitrogens with two attached hydrogens (primary N) is 1. The van der Waals surface area contributed by atoms with E-state index in [0.29, 0.717) is 6.04 Å². The Labute approximate surface area is 97.5 Å². The first-order chi connectivity index (χ1) is 7.72. The fraction of sp³-hybridized carbons (Fsp3) is 0.571. The van der Waals surface area contributed by atoms with Crippen molar-refractivity contribution >= 4 is 13.2 Å². The highest BCUT2D eigenvalue weighted by molar-refractivity contribution is 5.10. The Morgan fingerprint density at radius 1 is 1.25 bits per heavy atom. The highest BCUT2D eigenvalue weighted by Gasteiger charge is 2.25. The highest BCUT2D eigenvalue weighted by Crippen LogP contribution is 2.35. The van der Waals surface area contributed by atoms with E-state index in [1.54, 1.807) is 0 Å². The van der Waals surface area contributed by atoms with Gasteiger partial charge in [-0.25, -0.2) is 0 Å². The van der Waals surface area contributed by atoms with Crippen LogP contribution in [0.25, 0.3) is 13.2 Å². The van der Waals surface area contributed by atoms with Crippen molar-refractivity contribution < 1.29 is 0 Å². The molecular weight excluding hydrogens is 196 g/mol. The molecule has 1 aromatic rings. The van der Waals surface area contributed by atoms with Crippen LogP contribution < -0.4 is 16.4 Å². The van der Waals surface area contributed by atoms with Gasteiger partial charge in [-0.3, -0.25) is 0 Å². The van der Waals surface area contributed by atoms with E-state index < -0.39 is 0 Å². The predicted octanol–water partition coefficient (Wildman–Crippen LogP) is 1.39. The van der Waals surface area contributed by atoms with E-state index in [1.165, 1.54) is 25.7 Å². The molecule has 0 saturated heterocycles. The van der Waals surface area contributed by atoms with Crippen LogP contribution in [-0.4, -0.2) is 11.1 Å². The van der Waals surface area contributed by atoms with Crippen molar-refractivity contribution in [2.45, 2.75) is 38.1 Å². The van der Waals surface area contributed by atoms with Gasteiger partial charge in [-0.2, -0.15) is 0 Å². The molecule has 1 saturated carbocycles. The van der Waals surface area contributed by atoms with Crippen molar-refractivity contribution in [2.75, 3.05) is 6.54 Å². The Kier molecular flexibility index (Phi) is 3.49. The summed E-state index contributed by atoms with van der Waals surface area (Å²) >= 11 is 0. The van der Waals surface area contributed by atoms with Crippen molar-refractivity contribution in [1.82, 2.24) is 4.57 Å². The fourth-order valence-corrected chi connectivity index (χ4v) is 2.96. The van der Waals surface area contributed by atoms with Crippen LogP contribution in [0.4, 0.5) is 0 Å². The molecule has 0 aliphatic heterocycles. The van der Waals surface area contributed by atoms with E-state index in [0.717, 1.165) is 29.6 Å². The standard InChI is InChI=1S/C14H22N2/c1-11-5-6-12(2)16(11)14-8-7-13(10-14)4-3-9-15/h5-6,13-14H,1-4,7-10,15H2. The van der Waals surface area contributed by atoms with Crippen LogP contribution in [0.2, 0.25) is 0 Å². The van der Waals surface area contributed by atoms with Gasteiger partial charge in [0.25, 0.3) is 0 Å². The molecule has 0 spiro atoms. The van der Waals surface area contributed by atoms with E-state index in [-0.39, 0.29) is 0 Å². The lowest BCUT2D eigenvalue weighted by Gasteiger charge is -2.14. The second-order valence-corrected chi connectivity index (χ2v) is 4.95. The Hall–Kier alpha value is -1.02. The normalized spacial score (nSPS) is 25.1. The first kappa shape index (κ1) is 11.5. The average molecular weight is 218 g/mol. The summed E-state index contributed by atoms with van der Waals surface area (Å²) in [7, 11) is 0. The lowest BCUT2D eigenvalue weighted by atomic mass is 10.0. The van der Waals surface area contributed by atoms with Gasteiger partial charge in [-0.1, -0.05) is 13.2 Å². The van der Waals surface area contributed by atoms with Gasteiger partial charge in [0.15, 0.2) is 0 Å². The van der Waals surface area contributed by atoms with Crippen LogP contribution in [0.3, 0.4) is 0 Å². The SMILES string of the molecule is C=c1ccc(=C)n1C1CCC(CCCN)C1. The van der Waals surface area contributed by atoms with Gasteiger partial charge in [0.05, 0.1) is 0 Å². The maximum atomic E-state index is 5.56. The van der Waals surface area contributed by atoms with Crippen LogP contribution >= 0.6 is 0 Å². The molecule has 2 heteroatoms. The molecule has 2 N–H and O–H groups in total. The third kappa shape index (κ3) is 2.22. The number of rotatable bonds is 4. The van der Waals surface area contributed by atoms with Crippen LogP contribution in [0.5, 0.6) is 0 Å². The van der Waals surface area contributed by atoms with E-state index in [2.05, 4.69) is 29.9 Å². The Morgan fingerprint density at radius 2 is 1.94 bits per heavy atom. The molecule has 1 fully saturated rings. The topological polar surface area (TPSA) is 30.9 Å². The number of aromatic nitrogens is 1. The lowest BCUT2D eigenvalue weighted by Crippen LogP contribution is -2.28. The van der Waals surface area contributed by atoms with Gasteiger partial charge in [0, 0.05) is 16.7 Å². The molecule has 2 unspecified atom stereocenters. The van der Waals surface area contributed by atoms with Crippen LogP contribution in [-0.2, 0) is 0 Å². The largest absolute Gasteiger partial charge is 0.339 e. The first-order valence-corrected chi connectivity index (χ1v) is 6.27. The summed E-state index contributed by atoms with van der Waals surface area (Å²) in [6.45, 7) is 8.98. The van der Waals surface area contributed by atoms with E-state index in [4.69, 9.17) is 5.73 Å². The summed E-state index contributed by atoms with van der Waals surface area (Å²) < 4.78 is 2.31. The molecule has 0 aromatic carbocycles. The average Bonchev–Trinajstić information content (AvgIpc) is 2.83. The fourth-order valence-electron chi connectivity index (χ4n) is 2.96. The summed E-state index contributed by atoms with van der Waals surface area (Å²) in [5, 5.41) is 2.21. The predicted molar refractivity (Wildman–Crippen MR) is 69.4 cm³/mol. The summed E-state index contributed by atoms with van der Waals surface area (Å²) in [4.78, 5) is 0. The Bertz CT molecular complexity index is 405. The molecule has 88 valence electrons. The molecule has 0 amide bonds. The van der Waals surface area contributed by atoms with E-state index >= 15 is 0 Å². The molecule has 1 heterocycles. The van der Waals surface area contributed by atoms with E-state index in [1.807, 2.05) is 0 Å². The van der Waals surface area contributed by atoms with Crippen molar-refractivity contribution in [1.29, 1.82) is 0 Å². The molecule has 0 bridgehead atoms. The molecule has 1 aliphatic rings. The van der Waals surface area contributed by atoms with E-state index in [9.17, 15) is 0 Å². The van der Waals surface area contributed by atoms with Gasteiger partial charge >= 0.3 is 0 Å². The molecule has 0 radical (unpaired) electrons. The third-order valence-electron chi connectivity index (χ3n) is 3.78. The molecule has 16 heavy (non-hydrogen) atoms. The third-order valence-corrected chi connectivity index (χ3v) is 3.78. The molecule has 2 nitrogen and oxygen atoms in total. The Balaban J connectivity index is 2.04.